The third-order valence-corrected chi connectivity index (χ3v) is 2.78. The van der Waals surface area contributed by atoms with Crippen LogP contribution in [0.15, 0.2) is 12.4 Å². The van der Waals surface area contributed by atoms with E-state index in [9.17, 15) is 0 Å². The Labute approximate surface area is 87.5 Å². The number of hydrogen-bond donors (Lipinski definition) is 1. The average molecular weight is 203 g/mol. The number of hydrogen-bond acceptors (Lipinski definition) is 4. The van der Waals surface area contributed by atoms with Gasteiger partial charge in [-0.1, -0.05) is 0 Å². The van der Waals surface area contributed by atoms with Crippen LogP contribution in [0.3, 0.4) is 0 Å². The van der Waals surface area contributed by atoms with E-state index in [1.165, 1.54) is 18.4 Å². The number of aromatic nitrogens is 4. The topological polar surface area (TPSA) is 55.1 Å². The minimum atomic E-state index is 0.436. The Kier molecular flexibility index (Phi) is 1.92. The lowest BCUT2D eigenvalue weighted by molar-refractivity contribution is 0.637. The molecule has 0 spiro atoms. The molecule has 5 nitrogen and oxygen atoms in total. The van der Waals surface area contributed by atoms with E-state index in [0.717, 1.165) is 12.4 Å². The van der Waals surface area contributed by atoms with Gasteiger partial charge in [0.05, 0.1) is 0 Å². The largest absolute Gasteiger partial charge is 0.310 e. The summed E-state index contributed by atoms with van der Waals surface area (Å²) in [6.07, 6.45) is 6.33. The molecule has 2 aromatic rings. The summed E-state index contributed by atoms with van der Waals surface area (Å²) < 4.78 is 1.75. The highest BCUT2D eigenvalue weighted by Crippen LogP contribution is 2.21. The lowest BCUT2D eigenvalue weighted by Gasteiger charge is -2.08. The molecule has 1 saturated heterocycles. The van der Waals surface area contributed by atoms with Gasteiger partial charge in [-0.3, -0.25) is 0 Å². The van der Waals surface area contributed by atoms with Gasteiger partial charge in [0.25, 0.3) is 5.78 Å². The first-order valence-electron chi connectivity index (χ1n) is 5.25. The number of rotatable bonds is 1. The summed E-state index contributed by atoms with van der Waals surface area (Å²) in [5.41, 5.74) is 1.20. The van der Waals surface area contributed by atoms with E-state index in [4.69, 9.17) is 0 Å². The van der Waals surface area contributed by atoms with Crippen molar-refractivity contribution in [1.82, 2.24) is 24.9 Å². The van der Waals surface area contributed by atoms with Crippen LogP contribution in [0, 0.1) is 6.92 Å². The summed E-state index contributed by atoms with van der Waals surface area (Å²) in [6.45, 7) is 2.97. The molecule has 1 atom stereocenters. The maximum Gasteiger partial charge on any atom is 0.252 e. The van der Waals surface area contributed by atoms with Crippen molar-refractivity contribution in [3.63, 3.8) is 0 Å². The number of fused-ring (bicyclic) bond motifs is 1. The predicted octanol–water partition coefficient (Wildman–Crippen LogP) is 0.857. The normalized spacial score (nSPS) is 21.3. The molecule has 0 aliphatic carbocycles. The molecule has 0 saturated carbocycles. The van der Waals surface area contributed by atoms with E-state index in [2.05, 4.69) is 20.4 Å². The van der Waals surface area contributed by atoms with Crippen molar-refractivity contribution < 1.29 is 0 Å². The summed E-state index contributed by atoms with van der Waals surface area (Å²) in [7, 11) is 0. The van der Waals surface area contributed by atoms with E-state index in [1.807, 2.05) is 19.3 Å². The highest BCUT2D eigenvalue weighted by atomic mass is 15.3. The van der Waals surface area contributed by atoms with Gasteiger partial charge in [-0.05, 0) is 26.3 Å². The number of aryl methyl sites for hydroxylation is 1. The molecule has 0 amide bonds. The first kappa shape index (κ1) is 8.79. The molecule has 5 heteroatoms. The van der Waals surface area contributed by atoms with Crippen molar-refractivity contribution in [3.05, 3.63) is 23.8 Å². The SMILES string of the molecule is Cc1nc2ncc(C3CCCN3)cn2n1. The highest BCUT2D eigenvalue weighted by Gasteiger charge is 2.17. The molecule has 0 aromatic carbocycles. The molecule has 1 unspecified atom stereocenters. The Hall–Kier alpha value is -1.49. The van der Waals surface area contributed by atoms with Gasteiger partial charge in [0, 0.05) is 24.0 Å². The minimum absolute atomic E-state index is 0.436. The molecule has 1 aliphatic heterocycles. The van der Waals surface area contributed by atoms with Gasteiger partial charge >= 0.3 is 0 Å². The van der Waals surface area contributed by atoms with Crippen LogP contribution in [0.2, 0.25) is 0 Å². The van der Waals surface area contributed by atoms with Crippen LogP contribution >= 0.6 is 0 Å². The fraction of sp³-hybridized carbons (Fsp3) is 0.500. The Morgan fingerprint density at radius 1 is 1.53 bits per heavy atom. The minimum Gasteiger partial charge on any atom is -0.310 e. The summed E-state index contributed by atoms with van der Waals surface area (Å²) in [5.74, 6) is 1.44. The van der Waals surface area contributed by atoms with Crippen LogP contribution in [0.1, 0.15) is 30.3 Å². The first-order valence-corrected chi connectivity index (χ1v) is 5.25. The monoisotopic (exact) mass is 203 g/mol. The third-order valence-electron chi connectivity index (χ3n) is 2.78. The van der Waals surface area contributed by atoms with Crippen molar-refractivity contribution in [2.24, 2.45) is 0 Å². The quantitative estimate of drug-likeness (QED) is 0.746. The van der Waals surface area contributed by atoms with E-state index < -0.39 is 0 Å². The van der Waals surface area contributed by atoms with Crippen LogP contribution in [0.25, 0.3) is 5.78 Å². The molecule has 15 heavy (non-hydrogen) atoms. The second-order valence-electron chi connectivity index (χ2n) is 3.94. The van der Waals surface area contributed by atoms with E-state index >= 15 is 0 Å². The fourth-order valence-electron chi connectivity index (χ4n) is 2.05. The Balaban J connectivity index is 2.04. The molecule has 0 radical (unpaired) electrons. The molecule has 1 N–H and O–H groups in total. The third kappa shape index (κ3) is 1.48. The molecule has 1 fully saturated rings. The molecule has 1 aliphatic rings. The van der Waals surface area contributed by atoms with Crippen molar-refractivity contribution in [3.8, 4) is 0 Å². The van der Waals surface area contributed by atoms with Gasteiger partial charge in [-0.25, -0.2) is 9.50 Å². The van der Waals surface area contributed by atoms with Crippen molar-refractivity contribution in [2.75, 3.05) is 6.54 Å². The summed E-state index contributed by atoms with van der Waals surface area (Å²) >= 11 is 0. The van der Waals surface area contributed by atoms with Gasteiger partial charge < -0.3 is 5.32 Å². The molecule has 3 heterocycles. The summed E-state index contributed by atoms with van der Waals surface area (Å²) in [5, 5.41) is 7.70. The summed E-state index contributed by atoms with van der Waals surface area (Å²) in [4.78, 5) is 8.50. The number of nitrogens with one attached hydrogen (secondary N) is 1. The van der Waals surface area contributed by atoms with Gasteiger partial charge in [0.1, 0.15) is 5.82 Å². The predicted molar refractivity (Wildman–Crippen MR) is 55.5 cm³/mol. The van der Waals surface area contributed by atoms with E-state index in [0.29, 0.717) is 11.8 Å². The smallest absolute Gasteiger partial charge is 0.252 e. The Morgan fingerprint density at radius 3 is 3.27 bits per heavy atom. The van der Waals surface area contributed by atoms with E-state index in [-0.39, 0.29) is 0 Å². The van der Waals surface area contributed by atoms with Crippen molar-refractivity contribution >= 4 is 5.78 Å². The van der Waals surface area contributed by atoms with Crippen LogP contribution in [0.4, 0.5) is 0 Å². The average Bonchev–Trinajstić information content (AvgIpc) is 2.82. The van der Waals surface area contributed by atoms with Gasteiger partial charge in [0.15, 0.2) is 0 Å². The van der Waals surface area contributed by atoms with Crippen LogP contribution < -0.4 is 5.32 Å². The van der Waals surface area contributed by atoms with Crippen LogP contribution in [-0.4, -0.2) is 26.1 Å². The van der Waals surface area contributed by atoms with Crippen LogP contribution in [0.5, 0.6) is 0 Å². The molecule has 2 aromatic heterocycles. The lowest BCUT2D eigenvalue weighted by Crippen LogP contribution is -2.13. The molecule has 0 bridgehead atoms. The zero-order valence-corrected chi connectivity index (χ0v) is 8.64. The molecular formula is C10H13N5. The van der Waals surface area contributed by atoms with Crippen molar-refractivity contribution in [2.45, 2.75) is 25.8 Å². The van der Waals surface area contributed by atoms with E-state index in [1.54, 1.807) is 4.52 Å². The summed E-state index contributed by atoms with van der Waals surface area (Å²) in [6, 6.07) is 0.436. The fourth-order valence-corrected chi connectivity index (χ4v) is 2.05. The molecule has 78 valence electrons. The number of nitrogens with zero attached hydrogens (tertiary/aromatic N) is 4. The Bertz CT molecular complexity index is 484. The zero-order chi connectivity index (χ0) is 10.3. The zero-order valence-electron chi connectivity index (χ0n) is 8.64. The lowest BCUT2D eigenvalue weighted by atomic mass is 10.1. The van der Waals surface area contributed by atoms with Gasteiger partial charge in [-0.15, -0.1) is 0 Å². The van der Waals surface area contributed by atoms with Gasteiger partial charge in [0.2, 0.25) is 0 Å². The van der Waals surface area contributed by atoms with Gasteiger partial charge in [-0.2, -0.15) is 10.1 Å². The second-order valence-corrected chi connectivity index (χ2v) is 3.94. The Morgan fingerprint density at radius 2 is 2.47 bits per heavy atom. The second kappa shape index (κ2) is 3.27. The maximum absolute atomic E-state index is 4.30. The molecule has 3 rings (SSSR count). The van der Waals surface area contributed by atoms with Crippen molar-refractivity contribution in [1.29, 1.82) is 0 Å². The first-order chi connectivity index (χ1) is 7.33. The highest BCUT2D eigenvalue weighted by molar-refractivity contribution is 5.28. The molecular weight excluding hydrogens is 190 g/mol. The van der Waals surface area contributed by atoms with Crippen LogP contribution in [-0.2, 0) is 0 Å². The standard InChI is InChI=1S/C10H13N5/c1-7-13-10-12-5-8(6-15(10)14-7)9-3-2-4-11-9/h5-6,9,11H,2-4H2,1H3. The maximum atomic E-state index is 4.30.